The quantitative estimate of drug-likeness (QED) is 0.719. The SMILES string of the molecule is O=C(NCC(=O)N1CCN(C(c2ccc(F)cc2)c2ccc(F)cc2)CC1)C1CCCCC1. The van der Waals surface area contributed by atoms with Crippen molar-refractivity contribution in [2.45, 2.75) is 38.1 Å². The minimum absolute atomic E-state index is 0.00521. The summed E-state index contributed by atoms with van der Waals surface area (Å²) in [4.78, 5) is 29.0. The zero-order valence-corrected chi connectivity index (χ0v) is 18.8. The Morgan fingerprint density at radius 1 is 0.818 bits per heavy atom. The van der Waals surface area contributed by atoms with Gasteiger partial charge in [-0.1, -0.05) is 43.5 Å². The first kappa shape index (κ1) is 23.4. The molecule has 1 saturated carbocycles. The van der Waals surface area contributed by atoms with Gasteiger partial charge in [-0.3, -0.25) is 14.5 Å². The first-order valence-corrected chi connectivity index (χ1v) is 11.8. The van der Waals surface area contributed by atoms with Gasteiger partial charge in [-0.05, 0) is 48.2 Å². The van der Waals surface area contributed by atoms with E-state index >= 15 is 0 Å². The average molecular weight is 456 g/mol. The van der Waals surface area contributed by atoms with Crippen molar-refractivity contribution in [1.82, 2.24) is 15.1 Å². The van der Waals surface area contributed by atoms with Gasteiger partial charge in [-0.2, -0.15) is 0 Å². The molecule has 2 amide bonds. The minimum atomic E-state index is -0.303. The second-order valence-corrected chi connectivity index (χ2v) is 8.98. The largest absolute Gasteiger partial charge is 0.347 e. The topological polar surface area (TPSA) is 52.7 Å². The normalized spacial score (nSPS) is 17.8. The summed E-state index contributed by atoms with van der Waals surface area (Å²) in [5, 5.41) is 2.83. The third kappa shape index (κ3) is 5.96. The maximum absolute atomic E-state index is 13.5. The third-order valence-electron chi connectivity index (χ3n) is 6.79. The van der Waals surface area contributed by atoms with Crippen molar-refractivity contribution in [3.63, 3.8) is 0 Å². The highest BCUT2D eigenvalue weighted by molar-refractivity contribution is 5.86. The molecule has 1 saturated heterocycles. The molecule has 2 aliphatic rings. The van der Waals surface area contributed by atoms with Crippen molar-refractivity contribution in [2.75, 3.05) is 32.7 Å². The van der Waals surface area contributed by atoms with Crippen molar-refractivity contribution in [2.24, 2.45) is 5.92 Å². The lowest BCUT2D eigenvalue weighted by Crippen LogP contribution is -2.52. The fourth-order valence-corrected chi connectivity index (χ4v) is 4.92. The van der Waals surface area contributed by atoms with Crippen LogP contribution >= 0.6 is 0 Å². The number of carbonyl (C=O) groups is 2. The molecule has 7 heteroatoms. The molecule has 0 bridgehead atoms. The third-order valence-corrected chi connectivity index (χ3v) is 6.79. The maximum atomic E-state index is 13.5. The number of carbonyl (C=O) groups excluding carboxylic acids is 2. The van der Waals surface area contributed by atoms with Crippen LogP contribution in [0.5, 0.6) is 0 Å². The molecular formula is C26H31F2N3O2. The van der Waals surface area contributed by atoms with Crippen molar-refractivity contribution < 1.29 is 18.4 Å². The molecule has 2 fully saturated rings. The van der Waals surface area contributed by atoms with Crippen LogP contribution in [-0.4, -0.2) is 54.3 Å². The van der Waals surface area contributed by atoms with Gasteiger partial charge < -0.3 is 10.2 Å². The van der Waals surface area contributed by atoms with Crippen LogP contribution in [-0.2, 0) is 9.59 Å². The molecule has 1 aliphatic heterocycles. The van der Waals surface area contributed by atoms with Gasteiger partial charge in [0.25, 0.3) is 0 Å². The monoisotopic (exact) mass is 455 g/mol. The summed E-state index contributed by atoms with van der Waals surface area (Å²) >= 11 is 0. The molecule has 4 rings (SSSR count). The number of benzene rings is 2. The molecular weight excluding hydrogens is 424 g/mol. The van der Waals surface area contributed by atoms with Crippen molar-refractivity contribution in [3.05, 3.63) is 71.3 Å². The number of rotatable bonds is 6. The fourth-order valence-electron chi connectivity index (χ4n) is 4.92. The molecule has 2 aromatic carbocycles. The summed E-state index contributed by atoms with van der Waals surface area (Å²) in [6.45, 7) is 2.37. The number of nitrogens with one attached hydrogen (secondary N) is 1. The molecule has 33 heavy (non-hydrogen) atoms. The van der Waals surface area contributed by atoms with E-state index in [0.29, 0.717) is 26.2 Å². The van der Waals surface area contributed by atoms with Crippen LogP contribution in [0, 0.1) is 17.6 Å². The molecule has 0 unspecified atom stereocenters. The van der Waals surface area contributed by atoms with Gasteiger partial charge in [0.1, 0.15) is 11.6 Å². The van der Waals surface area contributed by atoms with Crippen LogP contribution in [0.4, 0.5) is 8.78 Å². The van der Waals surface area contributed by atoms with E-state index in [1.165, 1.54) is 30.7 Å². The summed E-state index contributed by atoms with van der Waals surface area (Å²) in [6.07, 6.45) is 5.16. The van der Waals surface area contributed by atoms with E-state index in [1.807, 2.05) is 0 Å². The average Bonchev–Trinajstić information content (AvgIpc) is 2.86. The van der Waals surface area contributed by atoms with Crippen LogP contribution in [0.3, 0.4) is 0 Å². The summed E-state index contributed by atoms with van der Waals surface area (Å²) < 4.78 is 27.0. The van der Waals surface area contributed by atoms with Crippen LogP contribution in [0.25, 0.3) is 0 Å². The van der Waals surface area contributed by atoms with Crippen LogP contribution in [0.15, 0.2) is 48.5 Å². The number of halogens is 2. The van der Waals surface area contributed by atoms with E-state index in [0.717, 1.165) is 36.8 Å². The predicted octanol–water partition coefficient (Wildman–Crippen LogP) is 3.89. The van der Waals surface area contributed by atoms with Crippen LogP contribution in [0.2, 0.25) is 0 Å². The van der Waals surface area contributed by atoms with E-state index in [2.05, 4.69) is 10.2 Å². The molecule has 0 spiro atoms. The van der Waals surface area contributed by atoms with Crippen LogP contribution < -0.4 is 5.32 Å². The lowest BCUT2D eigenvalue weighted by atomic mass is 9.89. The second kappa shape index (κ2) is 10.9. The zero-order valence-electron chi connectivity index (χ0n) is 18.8. The standard InChI is InChI=1S/C26H31F2N3O2/c27-22-10-6-19(7-11-22)25(20-8-12-23(28)13-9-20)31-16-14-30(15-17-31)24(32)18-29-26(33)21-4-2-1-3-5-21/h6-13,21,25H,1-5,14-18H2,(H,29,33). The Balaban J connectivity index is 1.36. The van der Waals surface area contributed by atoms with E-state index < -0.39 is 0 Å². The summed E-state index contributed by atoms with van der Waals surface area (Å²) in [5.74, 6) is -0.645. The van der Waals surface area contributed by atoms with Crippen molar-refractivity contribution in [1.29, 1.82) is 0 Å². The van der Waals surface area contributed by atoms with Crippen molar-refractivity contribution in [3.8, 4) is 0 Å². The molecule has 176 valence electrons. The number of nitrogens with zero attached hydrogens (tertiary/aromatic N) is 2. The molecule has 2 aromatic rings. The van der Waals surface area contributed by atoms with Crippen LogP contribution in [0.1, 0.15) is 49.3 Å². The molecule has 0 atom stereocenters. The Bertz CT molecular complexity index is 890. The summed E-state index contributed by atoms with van der Waals surface area (Å²) in [7, 11) is 0. The first-order valence-electron chi connectivity index (χ1n) is 11.8. The highest BCUT2D eigenvalue weighted by Gasteiger charge is 2.29. The number of hydrogen-bond acceptors (Lipinski definition) is 3. The minimum Gasteiger partial charge on any atom is -0.347 e. The van der Waals surface area contributed by atoms with Crippen molar-refractivity contribution >= 4 is 11.8 Å². The Hall–Kier alpha value is -2.80. The highest BCUT2D eigenvalue weighted by Crippen LogP contribution is 2.30. The second-order valence-electron chi connectivity index (χ2n) is 8.98. The van der Waals surface area contributed by atoms with Gasteiger partial charge in [0.15, 0.2) is 0 Å². The molecule has 1 heterocycles. The Kier molecular flexibility index (Phi) is 7.70. The summed E-state index contributed by atoms with van der Waals surface area (Å²) in [6, 6.07) is 12.6. The molecule has 5 nitrogen and oxygen atoms in total. The lowest BCUT2D eigenvalue weighted by Gasteiger charge is -2.40. The van der Waals surface area contributed by atoms with E-state index in [1.54, 1.807) is 29.2 Å². The maximum Gasteiger partial charge on any atom is 0.242 e. The Labute approximate surface area is 193 Å². The van der Waals surface area contributed by atoms with Gasteiger partial charge >= 0.3 is 0 Å². The smallest absolute Gasteiger partial charge is 0.242 e. The van der Waals surface area contributed by atoms with Gasteiger partial charge in [0.2, 0.25) is 11.8 Å². The number of amides is 2. The predicted molar refractivity (Wildman–Crippen MR) is 122 cm³/mol. The Morgan fingerprint density at radius 3 is 1.85 bits per heavy atom. The fraction of sp³-hybridized carbons (Fsp3) is 0.462. The molecule has 1 aliphatic carbocycles. The van der Waals surface area contributed by atoms with Gasteiger partial charge in [-0.15, -0.1) is 0 Å². The van der Waals surface area contributed by atoms with E-state index in [4.69, 9.17) is 0 Å². The molecule has 0 radical (unpaired) electrons. The molecule has 1 N–H and O–H groups in total. The number of hydrogen-bond donors (Lipinski definition) is 1. The first-order chi connectivity index (χ1) is 16.0. The number of piperazine rings is 1. The van der Waals surface area contributed by atoms with Gasteiger partial charge in [0.05, 0.1) is 12.6 Å². The van der Waals surface area contributed by atoms with E-state index in [9.17, 15) is 18.4 Å². The summed E-state index contributed by atoms with van der Waals surface area (Å²) in [5.41, 5.74) is 1.84. The lowest BCUT2D eigenvalue weighted by molar-refractivity contribution is -0.135. The van der Waals surface area contributed by atoms with E-state index in [-0.39, 0.29) is 42.0 Å². The molecule has 0 aromatic heterocycles. The Morgan fingerprint density at radius 2 is 1.33 bits per heavy atom. The van der Waals surface area contributed by atoms with Gasteiger partial charge in [-0.25, -0.2) is 8.78 Å². The highest BCUT2D eigenvalue weighted by atomic mass is 19.1. The van der Waals surface area contributed by atoms with Gasteiger partial charge in [0, 0.05) is 32.1 Å². The zero-order chi connectivity index (χ0) is 23.2.